The van der Waals surface area contributed by atoms with Crippen LogP contribution in [0.25, 0.3) is 22.3 Å². The van der Waals surface area contributed by atoms with Gasteiger partial charge in [-0.1, -0.05) is 6.07 Å². The maximum atomic E-state index is 11.7. The average molecular weight is 241 g/mol. The molecule has 2 N–H and O–H groups in total. The molecule has 0 aliphatic carbocycles. The van der Waals surface area contributed by atoms with E-state index in [9.17, 15) is 4.79 Å². The molecule has 0 unspecified atom stereocenters. The lowest BCUT2D eigenvalue weighted by Gasteiger charge is -1.99. The predicted octanol–water partition coefficient (Wildman–Crippen LogP) is 2.34. The third-order valence-electron chi connectivity index (χ3n) is 2.86. The van der Waals surface area contributed by atoms with Crippen LogP contribution in [0.3, 0.4) is 0 Å². The lowest BCUT2D eigenvalue weighted by atomic mass is 10.1. The van der Waals surface area contributed by atoms with Gasteiger partial charge in [0.05, 0.1) is 24.1 Å². The number of benzene rings is 1. The third-order valence-corrected chi connectivity index (χ3v) is 2.86. The quantitative estimate of drug-likeness (QED) is 0.676. The first kappa shape index (κ1) is 10.6. The number of aromatic amines is 2. The molecule has 0 radical (unpaired) electrons. The fourth-order valence-corrected chi connectivity index (χ4v) is 1.99. The van der Waals surface area contributed by atoms with Gasteiger partial charge >= 0.3 is 5.97 Å². The lowest BCUT2D eigenvalue weighted by molar-refractivity contribution is 0.0603. The van der Waals surface area contributed by atoms with Crippen molar-refractivity contribution in [2.24, 2.45) is 0 Å². The van der Waals surface area contributed by atoms with Gasteiger partial charge in [0.15, 0.2) is 0 Å². The molecule has 0 amide bonds. The zero-order chi connectivity index (χ0) is 12.5. The molecule has 5 heteroatoms. The molecule has 5 nitrogen and oxygen atoms in total. The first-order valence-corrected chi connectivity index (χ1v) is 5.49. The average Bonchev–Trinajstić information content (AvgIpc) is 3.04. The molecule has 90 valence electrons. The summed E-state index contributed by atoms with van der Waals surface area (Å²) in [7, 11) is 1.38. The highest BCUT2D eigenvalue weighted by Crippen LogP contribution is 2.25. The minimum absolute atomic E-state index is 0.337. The van der Waals surface area contributed by atoms with Crippen LogP contribution < -0.4 is 0 Å². The van der Waals surface area contributed by atoms with Crippen molar-refractivity contribution in [1.29, 1.82) is 0 Å². The van der Waals surface area contributed by atoms with E-state index in [2.05, 4.69) is 15.2 Å². The Labute approximate surface area is 103 Å². The monoisotopic (exact) mass is 241 g/mol. The molecule has 0 fully saturated rings. The number of nitrogens with one attached hydrogen (secondary N) is 2. The lowest BCUT2D eigenvalue weighted by Crippen LogP contribution is -2.00. The second kappa shape index (κ2) is 4.03. The van der Waals surface area contributed by atoms with Gasteiger partial charge in [0.2, 0.25) is 0 Å². The van der Waals surface area contributed by atoms with Crippen LogP contribution in [0, 0.1) is 0 Å². The summed E-state index contributed by atoms with van der Waals surface area (Å²) in [5.41, 5.74) is 3.21. The van der Waals surface area contributed by atoms with E-state index in [1.165, 1.54) is 7.11 Å². The van der Waals surface area contributed by atoms with Gasteiger partial charge in [-0.05, 0) is 24.3 Å². The molecule has 3 aromatic rings. The van der Waals surface area contributed by atoms with Crippen molar-refractivity contribution >= 4 is 16.9 Å². The molecule has 1 aromatic carbocycles. The normalized spacial score (nSPS) is 10.7. The van der Waals surface area contributed by atoms with Crippen LogP contribution >= 0.6 is 0 Å². The van der Waals surface area contributed by atoms with Crippen LogP contribution in [-0.2, 0) is 4.74 Å². The van der Waals surface area contributed by atoms with Crippen molar-refractivity contribution in [2.75, 3.05) is 7.11 Å². The summed E-state index contributed by atoms with van der Waals surface area (Å²) in [5, 5.41) is 7.63. The van der Waals surface area contributed by atoms with Gasteiger partial charge in [-0.3, -0.25) is 5.10 Å². The Morgan fingerprint density at radius 3 is 2.89 bits per heavy atom. The van der Waals surface area contributed by atoms with E-state index in [0.29, 0.717) is 5.56 Å². The Hall–Kier alpha value is -2.56. The number of nitrogens with zero attached hydrogens (tertiary/aromatic N) is 1. The number of fused-ring (bicyclic) bond motifs is 1. The molecule has 3 rings (SSSR count). The van der Waals surface area contributed by atoms with Gasteiger partial charge in [0, 0.05) is 17.1 Å². The summed E-state index contributed by atoms with van der Waals surface area (Å²) < 4.78 is 4.77. The number of esters is 1. The zero-order valence-corrected chi connectivity index (χ0v) is 9.73. The molecular formula is C13H11N3O2. The van der Waals surface area contributed by atoms with Gasteiger partial charge < -0.3 is 9.72 Å². The highest BCUT2D eigenvalue weighted by Gasteiger charge is 2.13. The van der Waals surface area contributed by atoms with Gasteiger partial charge in [0.1, 0.15) is 0 Å². The minimum atomic E-state index is -0.337. The molecule has 0 saturated carbocycles. The Morgan fingerprint density at radius 2 is 2.17 bits per heavy atom. The van der Waals surface area contributed by atoms with Gasteiger partial charge in [0.25, 0.3) is 0 Å². The molecule has 0 saturated heterocycles. The Balaban J connectivity index is 2.20. The van der Waals surface area contributed by atoms with Crippen molar-refractivity contribution in [3.8, 4) is 11.4 Å². The van der Waals surface area contributed by atoms with E-state index >= 15 is 0 Å². The number of carbonyl (C=O) groups is 1. The van der Waals surface area contributed by atoms with Crippen molar-refractivity contribution in [2.45, 2.75) is 0 Å². The number of aromatic nitrogens is 3. The van der Waals surface area contributed by atoms with Crippen LogP contribution in [0.15, 0.2) is 36.5 Å². The third kappa shape index (κ3) is 1.57. The van der Waals surface area contributed by atoms with Crippen LogP contribution in [0.1, 0.15) is 10.4 Å². The van der Waals surface area contributed by atoms with Crippen LogP contribution in [0.5, 0.6) is 0 Å². The summed E-state index contributed by atoms with van der Waals surface area (Å²) in [6, 6.07) is 9.26. The second-order valence-electron chi connectivity index (χ2n) is 3.91. The van der Waals surface area contributed by atoms with E-state index in [1.54, 1.807) is 12.3 Å². The number of hydrogen-bond donors (Lipinski definition) is 2. The highest BCUT2D eigenvalue weighted by molar-refractivity contribution is 6.05. The van der Waals surface area contributed by atoms with Crippen molar-refractivity contribution < 1.29 is 9.53 Å². The maximum absolute atomic E-state index is 11.7. The predicted molar refractivity (Wildman–Crippen MR) is 67.2 cm³/mol. The van der Waals surface area contributed by atoms with E-state index in [0.717, 1.165) is 22.3 Å². The number of ether oxygens (including phenoxy) is 1. The Bertz CT molecular complexity index is 698. The molecule has 18 heavy (non-hydrogen) atoms. The molecule has 0 aliphatic rings. The molecule has 2 heterocycles. The van der Waals surface area contributed by atoms with Gasteiger partial charge in [-0.2, -0.15) is 5.10 Å². The van der Waals surface area contributed by atoms with Crippen molar-refractivity contribution in [3.63, 3.8) is 0 Å². The number of methoxy groups -OCH3 is 1. The number of hydrogen-bond acceptors (Lipinski definition) is 3. The fraction of sp³-hybridized carbons (Fsp3) is 0.0769. The van der Waals surface area contributed by atoms with E-state index < -0.39 is 0 Å². The Morgan fingerprint density at radius 1 is 1.28 bits per heavy atom. The SMILES string of the molecule is COC(=O)c1cccc2[nH]c(-c3ccn[nH]3)cc12. The first-order valence-electron chi connectivity index (χ1n) is 5.49. The highest BCUT2D eigenvalue weighted by atomic mass is 16.5. The number of H-pyrrole nitrogens is 2. The molecule has 0 aliphatic heterocycles. The van der Waals surface area contributed by atoms with Crippen LogP contribution in [0.2, 0.25) is 0 Å². The number of carbonyl (C=O) groups excluding carboxylic acids is 1. The van der Waals surface area contributed by atoms with Gasteiger partial charge in [-0.15, -0.1) is 0 Å². The summed E-state index contributed by atoms with van der Waals surface area (Å²) in [6.45, 7) is 0. The van der Waals surface area contributed by atoms with Gasteiger partial charge in [-0.25, -0.2) is 4.79 Å². The molecule has 0 atom stereocenters. The van der Waals surface area contributed by atoms with Crippen LogP contribution in [0.4, 0.5) is 0 Å². The summed E-state index contributed by atoms with van der Waals surface area (Å²) >= 11 is 0. The maximum Gasteiger partial charge on any atom is 0.338 e. The zero-order valence-electron chi connectivity index (χ0n) is 9.73. The second-order valence-corrected chi connectivity index (χ2v) is 3.91. The van der Waals surface area contributed by atoms with E-state index in [-0.39, 0.29) is 5.97 Å². The smallest absolute Gasteiger partial charge is 0.338 e. The van der Waals surface area contributed by atoms with E-state index in [4.69, 9.17) is 4.74 Å². The van der Waals surface area contributed by atoms with Crippen molar-refractivity contribution in [1.82, 2.24) is 15.2 Å². The first-order chi connectivity index (χ1) is 8.79. The van der Waals surface area contributed by atoms with Crippen LogP contribution in [-0.4, -0.2) is 28.3 Å². The summed E-state index contributed by atoms with van der Waals surface area (Å²) in [5.74, 6) is -0.337. The molecule has 2 aromatic heterocycles. The summed E-state index contributed by atoms with van der Waals surface area (Å²) in [4.78, 5) is 14.9. The van der Waals surface area contributed by atoms with Crippen molar-refractivity contribution in [3.05, 3.63) is 42.1 Å². The van der Waals surface area contributed by atoms with E-state index in [1.807, 2.05) is 24.3 Å². The largest absolute Gasteiger partial charge is 0.465 e. The Kier molecular flexibility index (Phi) is 2.37. The fourth-order valence-electron chi connectivity index (χ4n) is 1.99. The summed E-state index contributed by atoms with van der Waals surface area (Å²) in [6.07, 6.45) is 1.68. The molecule has 0 spiro atoms. The minimum Gasteiger partial charge on any atom is -0.465 e. The molecular weight excluding hydrogens is 230 g/mol. The topological polar surface area (TPSA) is 70.8 Å². The number of rotatable bonds is 2. The standard InChI is InChI=1S/C13H11N3O2/c1-18-13(17)8-3-2-4-10-9(8)7-12(15-10)11-5-6-14-16-11/h2-7,15H,1H3,(H,14,16). The molecule has 0 bridgehead atoms.